The predicted octanol–water partition coefficient (Wildman–Crippen LogP) is -0.0727. The lowest BCUT2D eigenvalue weighted by molar-refractivity contribution is 0.113. The summed E-state index contributed by atoms with van der Waals surface area (Å²) in [6, 6.07) is 9.60. The fourth-order valence-corrected chi connectivity index (χ4v) is 3.58. The zero-order valence-corrected chi connectivity index (χ0v) is 15.3. The summed E-state index contributed by atoms with van der Waals surface area (Å²) in [5, 5.41) is 19.2. The molecule has 138 valence electrons. The standard InChI is InChI=1S/C17H20N4O4S/c1-19-14-13(15(24)20(2)17(19)25)21(8-11-6-4-3-5-7-11)16(18-14)26-10-12(23)9-22/h3-7,12,22-23H,8-10H2,1-2H3. The summed E-state index contributed by atoms with van der Waals surface area (Å²) in [6.45, 7) is 0.0501. The molecule has 0 spiro atoms. The molecule has 2 aromatic heterocycles. The van der Waals surface area contributed by atoms with Gasteiger partial charge in [-0.15, -0.1) is 0 Å². The van der Waals surface area contributed by atoms with Gasteiger partial charge in [0.15, 0.2) is 16.3 Å². The van der Waals surface area contributed by atoms with Crippen molar-refractivity contribution in [3.63, 3.8) is 0 Å². The first kappa shape index (κ1) is 18.4. The normalized spacial score (nSPS) is 12.6. The van der Waals surface area contributed by atoms with Crippen molar-refractivity contribution in [3.05, 3.63) is 56.7 Å². The molecule has 3 aromatic rings. The third-order valence-corrected chi connectivity index (χ3v) is 5.23. The molecule has 1 unspecified atom stereocenters. The summed E-state index contributed by atoms with van der Waals surface area (Å²) in [7, 11) is 3.01. The summed E-state index contributed by atoms with van der Waals surface area (Å²) in [5.41, 5.74) is 0.751. The van der Waals surface area contributed by atoms with E-state index in [0.717, 1.165) is 10.1 Å². The van der Waals surface area contributed by atoms with Gasteiger partial charge >= 0.3 is 5.69 Å². The minimum absolute atomic E-state index is 0.225. The van der Waals surface area contributed by atoms with E-state index in [1.165, 1.54) is 23.4 Å². The monoisotopic (exact) mass is 376 g/mol. The third kappa shape index (κ3) is 3.33. The van der Waals surface area contributed by atoms with Crippen molar-refractivity contribution < 1.29 is 10.2 Å². The number of aromatic nitrogens is 4. The van der Waals surface area contributed by atoms with Crippen LogP contribution in [0.15, 0.2) is 45.1 Å². The van der Waals surface area contributed by atoms with E-state index in [0.29, 0.717) is 22.9 Å². The summed E-state index contributed by atoms with van der Waals surface area (Å²) in [5.74, 6) is 0.225. The molecular weight excluding hydrogens is 356 g/mol. The predicted molar refractivity (Wildman–Crippen MR) is 99.6 cm³/mol. The van der Waals surface area contributed by atoms with E-state index >= 15 is 0 Å². The lowest BCUT2D eigenvalue weighted by atomic mass is 10.2. The van der Waals surface area contributed by atoms with Crippen LogP contribution >= 0.6 is 11.8 Å². The van der Waals surface area contributed by atoms with Crippen LogP contribution < -0.4 is 11.2 Å². The Morgan fingerprint density at radius 1 is 1.15 bits per heavy atom. The van der Waals surface area contributed by atoms with Crippen LogP contribution in [0, 0.1) is 0 Å². The van der Waals surface area contributed by atoms with Gasteiger partial charge in [0.25, 0.3) is 5.56 Å². The van der Waals surface area contributed by atoms with E-state index in [4.69, 9.17) is 5.11 Å². The van der Waals surface area contributed by atoms with Crippen molar-refractivity contribution in [2.45, 2.75) is 17.8 Å². The average molecular weight is 376 g/mol. The maximum absolute atomic E-state index is 12.7. The molecule has 0 amide bonds. The molecule has 0 saturated carbocycles. The first-order valence-electron chi connectivity index (χ1n) is 8.06. The molecule has 9 heteroatoms. The summed E-state index contributed by atoms with van der Waals surface area (Å²) >= 11 is 1.23. The molecule has 8 nitrogen and oxygen atoms in total. The highest BCUT2D eigenvalue weighted by Crippen LogP contribution is 2.23. The number of hydrogen-bond acceptors (Lipinski definition) is 6. The number of rotatable bonds is 6. The molecule has 0 aliphatic carbocycles. The molecular formula is C17H20N4O4S. The number of thioether (sulfide) groups is 1. The Balaban J connectivity index is 2.19. The van der Waals surface area contributed by atoms with Crippen LogP contribution in [0.3, 0.4) is 0 Å². The van der Waals surface area contributed by atoms with E-state index in [9.17, 15) is 14.7 Å². The smallest absolute Gasteiger partial charge is 0.332 e. The number of fused-ring (bicyclic) bond motifs is 1. The average Bonchev–Trinajstić information content (AvgIpc) is 3.02. The molecule has 2 heterocycles. The molecule has 0 aliphatic rings. The molecule has 0 saturated heterocycles. The molecule has 0 radical (unpaired) electrons. The second kappa shape index (κ2) is 7.48. The highest BCUT2D eigenvalue weighted by Gasteiger charge is 2.20. The van der Waals surface area contributed by atoms with Gasteiger partial charge in [0.05, 0.1) is 19.3 Å². The van der Waals surface area contributed by atoms with Crippen LogP contribution in [0.5, 0.6) is 0 Å². The van der Waals surface area contributed by atoms with Gasteiger partial charge in [0, 0.05) is 19.8 Å². The van der Waals surface area contributed by atoms with Gasteiger partial charge in [-0.1, -0.05) is 42.1 Å². The first-order chi connectivity index (χ1) is 12.4. The fourth-order valence-electron chi connectivity index (χ4n) is 2.67. The largest absolute Gasteiger partial charge is 0.394 e. The zero-order chi connectivity index (χ0) is 18.8. The Labute approximate surface area is 153 Å². The number of hydrogen-bond donors (Lipinski definition) is 2. The topological polar surface area (TPSA) is 102 Å². The minimum atomic E-state index is -0.892. The lowest BCUT2D eigenvalue weighted by Crippen LogP contribution is -2.37. The summed E-state index contributed by atoms with van der Waals surface area (Å²) in [6.07, 6.45) is -0.892. The molecule has 0 fully saturated rings. The number of aliphatic hydroxyl groups is 2. The van der Waals surface area contributed by atoms with Crippen molar-refractivity contribution in [2.75, 3.05) is 12.4 Å². The maximum atomic E-state index is 12.7. The second-order valence-electron chi connectivity index (χ2n) is 5.99. The van der Waals surface area contributed by atoms with Crippen LogP contribution in [-0.4, -0.2) is 47.4 Å². The highest BCUT2D eigenvalue weighted by atomic mass is 32.2. The number of aliphatic hydroxyl groups excluding tert-OH is 2. The number of imidazole rings is 1. The number of benzene rings is 1. The van der Waals surface area contributed by atoms with Crippen molar-refractivity contribution in [1.82, 2.24) is 18.7 Å². The lowest BCUT2D eigenvalue weighted by Gasteiger charge is -2.10. The van der Waals surface area contributed by atoms with Gasteiger partial charge in [-0.25, -0.2) is 9.78 Å². The Hall–Kier alpha value is -2.36. The summed E-state index contributed by atoms with van der Waals surface area (Å²) in [4.78, 5) is 29.4. The molecule has 26 heavy (non-hydrogen) atoms. The Kier molecular flexibility index (Phi) is 5.30. The van der Waals surface area contributed by atoms with E-state index in [1.54, 1.807) is 11.6 Å². The van der Waals surface area contributed by atoms with Gasteiger partial charge in [0.2, 0.25) is 0 Å². The van der Waals surface area contributed by atoms with Crippen molar-refractivity contribution in [2.24, 2.45) is 14.1 Å². The molecule has 1 aromatic carbocycles. The van der Waals surface area contributed by atoms with E-state index in [1.807, 2.05) is 30.3 Å². The van der Waals surface area contributed by atoms with Crippen LogP contribution in [0.25, 0.3) is 11.2 Å². The fraction of sp³-hybridized carbons (Fsp3) is 0.353. The van der Waals surface area contributed by atoms with Gasteiger partial charge in [-0.2, -0.15) is 0 Å². The van der Waals surface area contributed by atoms with Gasteiger partial charge in [-0.05, 0) is 5.56 Å². The number of nitrogens with zero attached hydrogens (tertiary/aromatic N) is 4. The van der Waals surface area contributed by atoms with Gasteiger partial charge in [0.1, 0.15) is 0 Å². The molecule has 1 atom stereocenters. The van der Waals surface area contributed by atoms with Crippen molar-refractivity contribution >= 4 is 22.9 Å². The molecule has 3 rings (SSSR count). The van der Waals surface area contributed by atoms with Crippen LogP contribution in [-0.2, 0) is 20.6 Å². The maximum Gasteiger partial charge on any atom is 0.332 e. The van der Waals surface area contributed by atoms with Crippen molar-refractivity contribution in [1.29, 1.82) is 0 Å². The van der Waals surface area contributed by atoms with Gasteiger partial charge in [-0.3, -0.25) is 13.9 Å². The summed E-state index contributed by atoms with van der Waals surface area (Å²) < 4.78 is 4.15. The molecule has 0 aliphatic heterocycles. The quantitative estimate of drug-likeness (QED) is 0.584. The highest BCUT2D eigenvalue weighted by molar-refractivity contribution is 7.99. The Morgan fingerprint density at radius 2 is 1.85 bits per heavy atom. The van der Waals surface area contributed by atoms with E-state index in [-0.39, 0.29) is 12.4 Å². The van der Waals surface area contributed by atoms with Crippen LogP contribution in [0.4, 0.5) is 0 Å². The van der Waals surface area contributed by atoms with E-state index in [2.05, 4.69) is 4.98 Å². The Bertz CT molecular complexity index is 1040. The Morgan fingerprint density at radius 3 is 2.50 bits per heavy atom. The molecule has 2 N–H and O–H groups in total. The number of aryl methyl sites for hydroxylation is 1. The SMILES string of the molecule is Cn1c(=O)c2c(nc(SCC(O)CO)n2Cc2ccccc2)n(C)c1=O. The van der Waals surface area contributed by atoms with Gasteiger partial charge < -0.3 is 14.8 Å². The van der Waals surface area contributed by atoms with E-state index < -0.39 is 17.4 Å². The first-order valence-corrected chi connectivity index (χ1v) is 9.04. The van der Waals surface area contributed by atoms with Crippen LogP contribution in [0.2, 0.25) is 0 Å². The zero-order valence-electron chi connectivity index (χ0n) is 14.5. The second-order valence-corrected chi connectivity index (χ2v) is 6.98. The molecule has 0 bridgehead atoms. The van der Waals surface area contributed by atoms with Crippen molar-refractivity contribution in [3.8, 4) is 0 Å². The minimum Gasteiger partial charge on any atom is -0.394 e. The third-order valence-electron chi connectivity index (χ3n) is 4.11. The van der Waals surface area contributed by atoms with Crippen LogP contribution in [0.1, 0.15) is 5.56 Å².